The molecule has 0 bridgehead atoms. The Bertz CT molecular complexity index is 609. The van der Waals surface area contributed by atoms with Crippen molar-refractivity contribution >= 4 is 38.9 Å². The zero-order chi connectivity index (χ0) is 13.4. The highest BCUT2D eigenvalue weighted by molar-refractivity contribution is 9.10. The summed E-state index contributed by atoms with van der Waals surface area (Å²) in [7, 11) is 0. The Hall–Kier alpha value is -1.13. The molecule has 0 unspecified atom stereocenters. The van der Waals surface area contributed by atoms with Crippen molar-refractivity contribution in [1.82, 2.24) is 0 Å². The van der Waals surface area contributed by atoms with E-state index >= 15 is 0 Å². The van der Waals surface area contributed by atoms with Crippen LogP contribution < -0.4 is 4.90 Å². The van der Waals surface area contributed by atoms with Crippen LogP contribution in [0.25, 0.3) is 0 Å². The number of halogens is 1. The van der Waals surface area contributed by atoms with E-state index in [1.165, 1.54) is 4.88 Å². The molecule has 0 spiro atoms. The van der Waals surface area contributed by atoms with E-state index in [1.807, 2.05) is 30.0 Å². The van der Waals surface area contributed by atoms with Crippen LogP contribution >= 0.6 is 27.3 Å². The van der Waals surface area contributed by atoms with Gasteiger partial charge in [0.1, 0.15) is 0 Å². The summed E-state index contributed by atoms with van der Waals surface area (Å²) in [5.74, 6) is 0.190. The molecule has 19 heavy (non-hydrogen) atoms. The molecule has 0 radical (unpaired) electrons. The van der Waals surface area contributed by atoms with Gasteiger partial charge in [-0.05, 0) is 48.6 Å². The van der Waals surface area contributed by atoms with Crippen LogP contribution in [0.2, 0.25) is 0 Å². The largest absolute Gasteiger partial charge is 0.312 e. The van der Waals surface area contributed by atoms with Gasteiger partial charge in [-0.3, -0.25) is 4.79 Å². The van der Waals surface area contributed by atoms with Gasteiger partial charge in [0.25, 0.3) is 0 Å². The minimum Gasteiger partial charge on any atom is -0.312 e. The summed E-state index contributed by atoms with van der Waals surface area (Å²) in [5, 5.41) is 2.06. The zero-order valence-electron chi connectivity index (χ0n) is 10.6. The highest BCUT2D eigenvalue weighted by atomic mass is 79.9. The van der Waals surface area contributed by atoms with Gasteiger partial charge in [-0.25, -0.2) is 0 Å². The number of anilines is 1. The Morgan fingerprint density at radius 3 is 2.89 bits per heavy atom. The van der Waals surface area contributed by atoms with E-state index in [4.69, 9.17) is 0 Å². The lowest BCUT2D eigenvalue weighted by molar-refractivity contribution is -0.119. The van der Waals surface area contributed by atoms with Gasteiger partial charge in [0.05, 0.1) is 5.92 Å². The van der Waals surface area contributed by atoms with Crippen molar-refractivity contribution in [3.63, 3.8) is 0 Å². The zero-order valence-corrected chi connectivity index (χ0v) is 13.0. The van der Waals surface area contributed by atoms with E-state index in [2.05, 4.69) is 33.4 Å². The molecule has 1 aliphatic heterocycles. The van der Waals surface area contributed by atoms with Crippen molar-refractivity contribution in [3.8, 4) is 0 Å². The number of hydrogen-bond acceptors (Lipinski definition) is 2. The van der Waals surface area contributed by atoms with Crippen LogP contribution in [0.15, 0.2) is 40.2 Å². The number of rotatable bonds is 3. The van der Waals surface area contributed by atoms with Crippen molar-refractivity contribution in [3.05, 3.63) is 50.6 Å². The third-order valence-corrected chi connectivity index (χ3v) is 4.91. The van der Waals surface area contributed by atoms with Gasteiger partial charge in [-0.2, -0.15) is 0 Å². The van der Waals surface area contributed by atoms with Crippen LogP contribution in [0.1, 0.15) is 23.3 Å². The minimum atomic E-state index is -0.0360. The molecular weight excluding hydrogens is 322 g/mol. The maximum Gasteiger partial charge on any atom is 0.234 e. The van der Waals surface area contributed by atoms with E-state index in [1.54, 1.807) is 11.3 Å². The van der Waals surface area contributed by atoms with E-state index in [0.29, 0.717) is 0 Å². The first-order chi connectivity index (χ1) is 9.20. The standard InChI is InChI=1S/C15H14BrNOS/c1-2-17-14-6-5-10(16)8-12(14)13(15(17)18)9-11-4-3-7-19-11/h3-8,13H,2,9H2,1H3/t13-/m0/s1. The summed E-state index contributed by atoms with van der Waals surface area (Å²) in [5.41, 5.74) is 2.21. The molecule has 3 rings (SSSR count). The first-order valence-electron chi connectivity index (χ1n) is 6.34. The molecule has 4 heteroatoms. The molecule has 0 fully saturated rings. The lowest BCUT2D eigenvalue weighted by Gasteiger charge is -2.15. The Morgan fingerprint density at radius 2 is 2.21 bits per heavy atom. The molecule has 1 atom stereocenters. The molecule has 2 aromatic rings. The average Bonchev–Trinajstić information content (AvgIpc) is 2.98. The van der Waals surface area contributed by atoms with E-state index in [-0.39, 0.29) is 11.8 Å². The Kier molecular flexibility index (Phi) is 3.46. The summed E-state index contributed by atoms with van der Waals surface area (Å²) >= 11 is 5.22. The third kappa shape index (κ3) is 2.23. The lowest BCUT2D eigenvalue weighted by atomic mass is 9.97. The van der Waals surface area contributed by atoms with Crippen LogP contribution in [0.5, 0.6) is 0 Å². The number of benzene rings is 1. The summed E-state index contributed by atoms with van der Waals surface area (Å²) in [6.07, 6.45) is 0.802. The van der Waals surface area contributed by atoms with Gasteiger partial charge in [-0.15, -0.1) is 11.3 Å². The van der Waals surface area contributed by atoms with Gasteiger partial charge in [-0.1, -0.05) is 22.0 Å². The number of thiophene rings is 1. The van der Waals surface area contributed by atoms with E-state index in [0.717, 1.165) is 28.7 Å². The molecule has 1 aliphatic rings. The second kappa shape index (κ2) is 5.10. The van der Waals surface area contributed by atoms with Gasteiger partial charge in [0.15, 0.2) is 0 Å². The van der Waals surface area contributed by atoms with Crippen LogP contribution in [0.4, 0.5) is 5.69 Å². The van der Waals surface area contributed by atoms with Crippen molar-refractivity contribution in [2.75, 3.05) is 11.4 Å². The fourth-order valence-corrected chi connectivity index (χ4v) is 3.77. The number of carbonyl (C=O) groups is 1. The predicted molar refractivity (Wildman–Crippen MR) is 82.9 cm³/mol. The van der Waals surface area contributed by atoms with Crippen molar-refractivity contribution < 1.29 is 4.79 Å². The fraction of sp³-hybridized carbons (Fsp3) is 0.267. The predicted octanol–water partition coefficient (Wildman–Crippen LogP) is 4.20. The maximum atomic E-state index is 12.5. The van der Waals surface area contributed by atoms with Crippen molar-refractivity contribution in [2.24, 2.45) is 0 Å². The molecular formula is C15H14BrNOS. The first kappa shape index (κ1) is 12.9. The lowest BCUT2D eigenvalue weighted by Crippen LogP contribution is -2.28. The molecule has 2 nitrogen and oxygen atoms in total. The number of carbonyl (C=O) groups excluding carboxylic acids is 1. The SMILES string of the molecule is CCN1C(=O)[C@@H](Cc2cccs2)c2cc(Br)ccc21. The van der Waals surface area contributed by atoms with Crippen LogP contribution in [-0.4, -0.2) is 12.5 Å². The van der Waals surface area contributed by atoms with Crippen LogP contribution in [-0.2, 0) is 11.2 Å². The molecule has 1 aromatic carbocycles. The molecule has 0 aliphatic carbocycles. The fourth-order valence-electron chi connectivity index (χ4n) is 2.64. The van der Waals surface area contributed by atoms with Crippen LogP contribution in [0.3, 0.4) is 0 Å². The summed E-state index contributed by atoms with van der Waals surface area (Å²) in [6, 6.07) is 10.3. The van der Waals surface area contributed by atoms with Gasteiger partial charge >= 0.3 is 0 Å². The molecule has 0 saturated heterocycles. The highest BCUT2D eigenvalue weighted by Crippen LogP contribution is 2.40. The highest BCUT2D eigenvalue weighted by Gasteiger charge is 2.36. The summed E-state index contributed by atoms with van der Waals surface area (Å²) < 4.78 is 1.04. The van der Waals surface area contributed by atoms with Crippen LogP contribution in [0, 0.1) is 0 Å². The molecule has 98 valence electrons. The quantitative estimate of drug-likeness (QED) is 0.822. The normalized spacial score (nSPS) is 17.9. The Labute approximate surface area is 125 Å². The van der Waals surface area contributed by atoms with Gasteiger partial charge in [0.2, 0.25) is 5.91 Å². The number of likely N-dealkylation sites (N-methyl/N-ethyl adjacent to an activating group) is 1. The monoisotopic (exact) mass is 335 g/mol. The van der Waals surface area contributed by atoms with Gasteiger partial charge in [0, 0.05) is 21.6 Å². The summed E-state index contributed by atoms with van der Waals surface area (Å²) in [6.45, 7) is 2.76. The Balaban J connectivity index is 2.01. The number of hydrogen-bond donors (Lipinski definition) is 0. The number of amides is 1. The number of fused-ring (bicyclic) bond motifs is 1. The van der Waals surface area contributed by atoms with E-state index < -0.39 is 0 Å². The van der Waals surface area contributed by atoms with E-state index in [9.17, 15) is 4.79 Å². The molecule has 2 heterocycles. The molecule has 1 amide bonds. The third-order valence-electron chi connectivity index (χ3n) is 3.52. The van der Waals surface area contributed by atoms with Crippen molar-refractivity contribution in [2.45, 2.75) is 19.3 Å². The first-order valence-corrected chi connectivity index (χ1v) is 8.01. The molecule has 0 N–H and O–H groups in total. The summed E-state index contributed by atoms with van der Waals surface area (Å²) in [4.78, 5) is 15.7. The molecule has 1 aromatic heterocycles. The number of nitrogens with zero attached hydrogens (tertiary/aromatic N) is 1. The smallest absolute Gasteiger partial charge is 0.234 e. The minimum absolute atomic E-state index is 0.0360. The van der Waals surface area contributed by atoms with Gasteiger partial charge < -0.3 is 4.90 Å². The second-order valence-corrected chi connectivity index (χ2v) is 6.57. The van der Waals surface area contributed by atoms with Crippen molar-refractivity contribution in [1.29, 1.82) is 0 Å². The second-order valence-electron chi connectivity index (χ2n) is 4.62. The topological polar surface area (TPSA) is 20.3 Å². The Morgan fingerprint density at radius 1 is 1.37 bits per heavy atom. The maximum absolute atomic E-state index is 12.5. The average molecular weight is 336 g/mol. The molecule has 0 saturated carbocycles.